The first-order valence-corrected chi connectivity index (χ1v) is 6.02. The Morgan fingerprint density at radius 3 is 2.89 bits per heavy atom. The Morgan fingerprint density at radius 2 is 2.28 bits per heavy atom. The SMILES string of the molecule is CCOC(=O)C1=C(CN2CC(N)C2)NC(=O)NC1. The van der Waals surface area contributed by atoms with Crippen molar-refractivity contribution in [3.05, 3.63) is 11.3 Å². The molecule has 7 nitrogen and oxygen atoms in total. The predicted molar refractivity (Wildman–Crippen MR) is 64.6 cm³/mol. The summed E-state index contributed by atoms with van der Waals surface area (Å²) in [4.78, 5) is 25.1. The topological polar surface area (TPSA) is 96.7 Å². The standard InChI is InChI=1S/C11H18N4O3/c1-2-18-10(16)8-3-13-11(17)14-9(8)6-15-4-7(12)5-15/h7H,2-6,12H2,1H3,(H2,13,14,17). The minimum Gasteiger partial charge on any atom is -0.463 e. The minimum atomic E-state index is -0.384. The van der Waals surface area contributed by atoms with E-state index in [0.717, 1.165) is 13.1 Å². The van der Waals surface area contributed by atoms with Crippen LogP contribution in [-0.4, -0.2) is 55.7 Å². The smallest absolute Gasteiger partial charge is 0.337 e. The molecule has 0 bridgehead atoms. The summed E-state index contributed by atoms with van der Waals surface area (Å²) in [6.07, 6.45) is 0. The monoisotopic (exact) mass is 254 g/mol. The lowest BCUT2D eigenvalue weighted by Crippen LogP contribution is -2.57. The molecule has 2 heterocycles. The summed E-state index contributed by atoms with van der Waals surface area (Å²) in [7, 11) is 0. The van der Waals surface area contributed by atoms with Gasteiger partial charge in [-0.1, -0.05) is 0 Å². The summed E-state index contributed by atoms with van der Waals surface area (Å²) < 4.78 is 4.97. The van der Waals surface area contributed by atoms with Crippen molar-refractivity contribution in [3.63, 3.8) is 0 Å². The van der Waals surface area contributed by atoms with E-state index >= 15 is 0 Å². The van der Waals surface area contributed by atoms with E-state index in [1.807, 2.05) is 0 Å². The van der Waals surface area contributed by atoms with Gasteiger partial charge in [-0.05, 0) is 6.92 Å². The zero-order valence-electron chi connectivity index (χ0n) is 10.4. The van der Waals surface area contributed by atoms with Crippen LogP contribution < -0.4 is 16.4 Å². The summed E-state index contributed by atoms with van der Waals surface area (Å²) >= 11 is 0. The Labute approximate surface area is 105 Å². The molecule has 1 fully saturated rings. The van der Waals surface area contributed by atoms with Gasteiger partial charge in [0.1, 0.15) is 0 Å². The van der Waals surface area contributed by atoms with Crippen molar-refractivity contribution < 1.29 is 14.3 Å². The lowest BCUT2D eigenvalue weighted by atomic mass is 10.1. The van der Waals surface area contributed by atoms with Crippen LogP contribution in [0.15, 0.2) is 11.3 Å². The van der Waals surface area contributed by atoms with Gasteiger partial charge in [-0.2, -0.15) is 0 Å². The molecular formula is C11H18N4O3. The van der Waals surface area contributed by atoms with Crippen molar-refractivity contribution in [3.8, 4) is 0 Å². The van der Waals surface area contributed by atoms with Crippen molar-refractivity contribution in [2.24, 2.45) is 5.73 Å². The summed E-state index contributed by atoms with van der Waals surface area (Å²) in [5.41, 5.74) is 6.79. The van der Waals surface area contributed by atoms with E-state index in [4.69, 9.17) is 10.5 Å². The molecule has 100 valence electrons. The van der Waals surface area contributed by atoms with Crippen molar-refractivity contribution in [1.82, 2.24) is 15.5 Å². The van der Waals surface area contributed by atoms with Crippen LogP contribution in [-0.2, 0) is 9.53 Å². The molecule has 1 saturated heterocycles. The van der Waals surface area contributed by atoms with Crippen LogP contribution >= 0.6 is 0 Å². The molecule has 0 aromatic carbocycles. The fourth-order valence-corrected chi connectivity index (χ4v) is 2.04. The molecule has 0 spiro atoms. The number of rotatable bonds is 4. The lowest BCUT2D eigenvalue weighted by molar-refractivity contribution is -0.138. The van der Waals surface area contributed by atoms with E-state index in [1.165, 1.54) is 0 Å². The average Bonchev–Trinajstić information content (AvgIpc) is 2.27. The van der Waals surface area contributed by atoms with Gasteiger partial charge in [-0.25, -0.2) is 9.59 Å². The molecule has 2 aliphatic rings. The number of carbonyl (C=O) groups is 2. The first-order chi connectivity index (χ1) is 8.60. The van der Waals surface area contributed by atoms with Crippen LogP contribution in [0.3, 0.4) is 0 Å². The third-order valence-electron chi connectivity index (χ3n) is 2.94. The number of carbonyl (C=O) groups excluding carboxylic acids is 2. The van der Waals surface area contributed by atoms with Gasteiger partial charge in [0.05, 0.1) is 18.7 Å². The second-order valence-electron chi connectivity index (χ2n) is 4.44. The van der Waals surface area contributed by atoms with E-state index in [9.17, 15) is 9.59 Å². The predicted octanol–water partition coefficient (Wildman–Crippen LogP) is -1.24. The maximum absolute atomic E-state index is 11.8. The van der Waals surface area contributed by atoms with Gasteiger partial charge in [-0.3, -0.25) is 4.90 Å². The van der Waals surface area contributed by atoms with Crippen molar-refractivity contribution in [1.29, 1.82) is 0 Å². The number of nitrogens with one attached hydrogen (secondary N) is 2. The van der Waals surface area contributed by atoms with E-state index in [1.54, 1.807) is 6.92 Å². The molecule has 0 aromatic rings. The van der Waals surface area contributed by atoms with Crippen molar-refractivity contribution in [2.45, 2.75) is 13.0 Å². The van der Waals surface area contributed by atoms with Gasteiger partial charge < -0.3 is 21.1 Å². The number of esters is 1. The van der Waals surface area contributed by atoms with Gasteiger partial charge in [0, 0.05) is 31.4 Å². The van der Waals surface area contributed by atoms with Crippen LogP contribution in [0.1, 0.15) is 6.92 Å². The van der Waals surface area contributed by atoms with Gasteiger partial charge >= 0.3 is 12.0 Å². The Balaban J connectivity index is 2.07. The molecule has 0 aromatic heterocycles. The highest BCUT2D eigenvalue weighted by atomic mass is 16.5. The molecule has 0 aliphatic carbocycles. The number of nitrogens with zero attached hydrogens (tertiary/aromatic N) is 1. The molecule has 2 amide bonds. The normalized spacial score (nSPS) is 21.1. The Kier molecular flexibility index (Phi) is 3.83. The second-order valence-corrected chi connectivity index (χ2v) is 4.44. The molecule has 2 aliphatic heterocycles. The van der Waals surface area contributed by atoms with E-state index in [2.05, 4.69) is 15.5 Å². The van der Waals surface area contributed by atoms with Gasteiger partial charge in [-0.15, -0.1) is 0 Å². The van der Waals surface area contributed by atoms with E-state index < -0.39 is 0 Å². The first-order valence-electron chi connectivity index (χ1n) is 6.02. The number of nitrogens with two attached hydrogens (primary N) is 1. The fourth-order valence-electron chi connectivity index (χ4n) is 2.04. The quantitative estimate of drug-likeness (QED) is 0.545. The van der Waals surface area contributed by atoms with E-state index in [0.29, 0.717) is 24.4 Å². The molecule has 0 atom stereocenters. The number of hydrogen-bond acceptors (Lipinski definition) is 5. The summed E-state index contributed by atoms with van der Waals surface area (Å²) in [5.74, 6) is -0.384. The van der Waals surface area contributed by atoms with Crippen molar-refractivity contribution in [2.75, 3.05) is 32.8 Å². The maximum atomic E-state index is 11.8. The third kappa shape index (κ3) is 2.80. The fraction of sp³-hybridized carbons (Fsp3) is 0.636. The highest BCUT2D eigenvalue weighted by molar-refractivity contribution is 5.93. The molecule has 2 rings (SSSR count). The number of amides is 2. The Hall–Kier alpha value is -1.60. The number of hydrogen-bond donors (Lipinski definition) is 3. The second kappa shape index (κ2) is 5.36. The van der Waals surface area contributed by atoms with Gasteiger partial charge in [0.15, 0.2) is 0 Å². The third-order valence-corrected chi connectivity index (χ3v) is 2.94. The van der Waals surface area contributed by atoms with E-state index in [-0.39, 0.29) is 24.6 Å². The lowest BCUT2D eigenvalue weighted by Gasteiger charge is -2.38. The molecule has 0 radical (unpaired) electrons. The van der Waals surface area contributed by atoms with Gasteiger partial charge in [0.2, 0.25) is 0 Å². The van der Waals surface area contributed by atoms with Crippen LogP contribution in [0.25, 0.3) is 0 Å². The molecule has 0 unspecified atom stereocenters. The minimum absolute atomic E-state index is 0.189. The zero-order valence-corrected chi connectivity index (χ0v) is 10.4. The highest BCUT2D eigenvalue weighted by Crippen LogP contribution is 2.13. The summed E-state index contributed by atoms with van der Waals surface area (Å²) in [6, 6.07) is -0.100. The highest BCUT2D eigenvalue weighted by Gasteiger charge is 2.29. The van der Waals surface area contributed by atoms with Crippen molar-refractivity contribution >= 4 is 12.0 Å². The molecule has 7 heteroatoms. The maximum Gasteiger partial charge on any atom is 0.337 e. The summed E-state index contributed by atoms with van der Waals surface area (Å²) in [5, 5.41) is 5.23. The van der Waals surface area contributed by atoms with Crippen LogP contribution in [0.2, 0.25) is 0 Å². The van der Waals surface area contributed by atoms with Gasteiger partial charge in [0.25, 0.3) is 0 Å². The number of likely N-dealkylation sites (tertiary alicyclic amines) is 1. The molecule has 4 N–H and O–H groups in total. The van der Waals surface area contributed by atoms with Crippen LogP contribution in [0, 0.1) is 0 Å². The molecular weight excluding hydrogens is 236 g/mol. The van der Waals surface area contributed by atoms with Crippen LogP contribution in [0.4, 0.5) is 4.79 Å². The zero-order chi connectivity index (χ0) is 13.1. The molecule has 0 saturated carbocycles. The largest absolute Gasteiger partial charge is 0.463 e. The first kappa shape index (κ1) is 12.8. The van der Waals surface area contributed by atoms with Crippen LogP contribution in [0.5, 0.6) is 0 Å². The summed E-state index contributed by atoms with van der Waals surface area (Å²) in [6.45, 7) is 4.36. The average molecular weight is 254 g/mol. The molecule has 18 heavy (non-hydrogen) atoms. The Bertz CT molecular complexity index is 388. The Morgan fingerprint density at radius 1 is 1.56 bits per heavy atom. The number of ether oxygens (including phenoxy) is 1. The number of urea groups is 1.